The van der Waals surface area contributed by atoms with Crippen molar-refractivity contribution in [3.63, 3.8) is 0 Å². The highest BCUT2D eigenvalue weighted by Gasteiger charge is 2.31. The maximum absolute atomic E-state index is 11.9. The number of hydrogen-bond acceptors (Lipinski definition) is 5. The summed E-state index contributed by atoms with van der Waals surface area (Å²) in [5.74, 6) is 0.692. The van der Waals surface area contributed by atoms with Gasteiger partial charge in [0.1, 0.15) is 11.5 Å². The first kappa shape index (κ1) is 16.1. The third-order valence-electron chi connectivity index (χ3n) is 3.54. The van der Waals surface area contributed by atoms with Gasteiger partial charge in [0.25, 0.3) is 5.91 Å². The van der Waals surface area contributed by atoms with Crippen LogP contribution in [-0.2, 0) is 14.3 Å². The fraction of sp³-hybridized carbons (Fsp3) is 0.500. The highest BCUT2D eigenvalue weighted by atomic mass is 16.5. The van der Waals surface area contributed by atoms with Crippen LogP contribution in [0.25, 0.3) is 0 Å². The number of carbonyl (C=O) groups excluding carboxylic acids is 2. The first-order valence-corrected chi connectivity index (χ1v) is 7.23. The molecule has 120 valence electrons. The molecule has 1 amide bonds. The van der Waals surface area contributed by atoms with Crippen LogP contribution in [0.2, 0.25) is 0 Å². The van der Waals surface area contributed by atoms with Gasteiger partial charge < -0.3 is 19.5 Å². The van der Waals surface area contributed by atoms with Gasteiger partial charge in [0.15, 0.2) is 6.61 Å². The van der Waals surface area contributed by atoms with Gasteiger partial charge in [-0.2, -0.15) is 0 Å². The molecule has 1 N–H and O–H groups in total. The zero-order valence-electron chi connectivity index (χ0n) is 13.0. The number of nitrogens with one attached hydrogen (secondary N) is 1. The summed E-state index contributed by atoms with van der Waals surface area (Å²) in [6.45, 7) is 1.57. The number of hydrogen-bond donors (Lipinski definition) is 1. The van der Waals surface area contributed by atoms with E-state index < -0.39 is 0 Å². The molecule has 0 radical (unpaired) electrons. The van der Waals surface area contributed by atoms with Crippen molar-refractivity contribution >= 4 is 11.9 Å². The molecule has 0 aromatic heterocycles. The largest absolute Gasteiger partial charge is 0.497 e. The van der Waals surface area contributed by atoms with Gasteiger partial charge in [0, 0.05) is 5.56 Å². The lowest BCUT2D eigenvalue weighted by Crippen LogP contribution is -2.31. The molecule has 1 fully saturated rings. The lowest BCUT2D eigenvalue weighted by Gasteiger charge is -2.18. The Hall–Kier alpha value is -2.24. The summed E-state index contributed by atoms with van der Waals surface area (Å²) in [5.41, 5.74) is 0.795. The number of methoxy groups -OCH3 is 2. The molecule has 0 bridgehead atoms. The van der Waals surface area contributed by atoms with Crippen molar-refractivity contribution in [1.82, 2.24) is 5.32 Å². The van der Waals surface area contributed by atoms with E-state index in [0.29, 0.717) is 11.5 Å². The molecule has 6 nitrogen and oxygen atoms in total. The van der Waals surface area contributed by atoms with Crippen molar-refractivity contribution in [2.45, 2.75) is 25.8 Å². The Morgan fingerprint density at radius 3 is 2.59 bits per heavy atom. The Balaban J connectivity index is 1.93. The predicted molar refractivity (Wildman–Crippen MR) is 79.8 cm³/mol. The van der Waals surface area contributed by atoms with Crippen LogP contribution in [0, 0.1) is 5.92 Å². The van der Waals surface area contributed by atoms with Crippen LogP contribution in [-0.4, -0.2) is 32.7 Å². The minimum absolute atomic E-state index is 0.0105. The standard InChI is InChI=1S/C16H21NO5/c1-10(13-8-12(20-2)6-7-14(13)21-3)17-15(18)9-22-16(19)11-4-5-11/h6-8,10-11H,4-5,9H2,1-3H3,(H,17,18). The van der Waals surface area contributed by atoms with Crippen LogP contribution in [0.3, 0.4) is 0 Å². The minimum Gasteiger partial charge on any atom is -0.497 e. The maximum atomic E-state index is 11.9. The predicted octanol–water partition coefficient (Wildman–Crippen LogP) is 1.83. The third-order valence-corrected chi connectivity index (χ3v) is 3.54. The second-order valence-corrected chi connectivity index (χ2v) is 5.28. The lowest BCUT2D eigenvalue weighted by atomic mass is 10.1. The molecule has 1 saturated carbocycles. The second kappa shape index (κ2) is 7.15. The zero-order valence-corrected chi connectivity index (χ0v) is 13.0. The molecular formula is C16H21NO5. The zero-order chi connectivity index (χ0) is 16.1. The summed E-state index contributed by atoms with van der Waals surface area (Å²) in [4.78, 5) is 23.3. The highest BCUT2D eigenvalue weighted by molar-refractivity contribution is 5.82. The summed E-state index contributed by atoms with van der Waals surface area (Å²) < 4.78 is 15.4. The van der Waals surface area contributed by atoms with E-state index in [4.69, 9.17) is 14.2 Å². The van der Waals surface area contributed by atoms with E-state index in [1.165, 1.54) is 0 Å². The van der Waals surface area contributed by atoms with Crippen molar-refractivity contribution in [3.05, 3.63) is 23.8 Å². The summed E-state index contributed by atoms with van der Waals surface area (Å²) >= 11 is 0. The van der Waals surface area contributed by atoms with Gasteiger partial charge in [-0.15, -0.1) is 0 Å². The van der Waals surface area contributed by atoms with Crippen molar-refractivity contribution in [1.29, 1.82) is 0 Å². The Kier molecular flexibility index (Phi) is 5.25. The van der Waals surface area contributed by atoms with Crippen LogP contribution >= 0.6 is 0 Å². The monoisotopic (exact) mass is 307 g/mol. The Bertz CT molecular complexity index is 553. The number of benzene rings is 1. The van der Waals surface area contributed by atoms with Crippen LogP contribution in [0.4, 0.5) is 0 Å². The average Bonchev–Trinajstić information content (AvgIpc) is 3.36. The Labute approximate surface area is 129 Å². The van der Waals surface area contributed by atoms with Gasteiger partial charge >= 0.3 is 5.97 Å². The van der Waals surface area contributed by atoms with Crippen LogP contribution in [0.5, 0.6) is 11.5 Å². The van der Waals surface area contributed by atoms with Gasteiger partial charge in [0.05, 0.1) is 26.2 Å². The molecule has 1 aromatic rings. The Morgan fingerprint density at radius 1 is 1.27 bits per heavy atom. The van der Waals surface area contributed by atoms with Crippen LogP contribution < -0.4 is 14.8 Å². The first-order chi connectivity index (χ1) is 10.5. The van der Waals surface area contributed by atoms with E-state index in [1.807, 2.05) is 6.92 Å². The summed E-state index contributed by atoms with van der Waals surface area (Å²) in [7, 11) is 3.14. The van der Waals surface area contributed by atoms with Gasteiger partial charge in [-0.25, -0.2) is 0 Å². The van der Waals surface area contributed by atoms with Crippen LogP contribution in [0.15, 0.2) is 18.2 Å². The molecule has 1 atom stereocenters. The van der Waals surface area contributed by atoms with Crippen molar-refractivity contribution in [3.8, 4) is 11.5 Å². The molecule has 0 saturated heterocycles. The van der Waals surface area contributed by atoms with E-state index in [0.717, 1.165) is 18.4 Å². The fourth-order valence-electron chi connectivity index (χ4n) is 2.11. The van der Waals surface area contributed by atoms with Gasteiger partial charge in [0.2, 0.25) is 0 Å². The molecule has 0 aliphatic heterocycles. The number of amides is 1. The quantitative estimate of drug-likeness (QED) is 0.778. The van der Waals surface area contributed by atoms with Crippen molar-refractivity contribution in [2.75, 3.05) is 20.8 Å². The molecule has 6 heteroatoms. The molecule has 1 aliphatic carbocycles. The lowest BCUT2D eigenvalue weighted by molar-refractivity contribution is -0.150. The summed E-state index contributed by atoms with van der Waals surface area (Å²) in [5, 5.41) is 2.79. The summed E-state index contributed by atoms with van der Waals surface area (Å²) in [6.07, 6.45) is 1.72. The minimum atomic E-state index is -0.341. The van der Waals surface area contributed by atoms with E-state index in [-0.39, 0.29) is 30.4 Å². The topological polar surface area (TPSA) is 73.9 Å². The molecule has 22 heavy (non-hydrogen) atoms. The SMILES string of the molecule is COc1ccc(OC)c(C(C)NC(=O)COC(=O)C2CC2)c1. The summed E-state index contributed by atoms with van der Waals surface area (Å²) in [6, 6.07) is 5.08. The van der Waals surface area contributed by atoms with Gasteiger partial charge in [-0.1, -0.05) is 0 Å². The number of ether oxygens (including phenoxy) is 3. The van der Waals surface area contributed by atoms with Gasteiger partial charge in [-0.05, 0) is 38.0 Å². The Morgan fingerprint density at radius 2 is 2.00 bits per heavy atom. The maximum Gasteiger partial charge on any atom is 0.309 e. The molecular weight excluding hydrogens is 286 g/mol. The van der Waals surface area contributed by atoms with Crippen LogP contribution in [0.1, 0.15) is 31.4 Å². The van der Waals surface area contributed by atoms with E-state index in [2.05, 4.69) is 5.32 Å². The number of esters is 1. The highest BCUT2D eigenvalue weighted by Crippen LogP contribution is 2.30. The van der Waals surface area contributed by atoms with Gasteiger partial charge in [-0.3, -0.25) is 9.59 Å². The normalized spacial score (nSPS) is 14.9. The van der Waals surface area contributed by atoms with E-state index in [9.17, 15) is 9.59 Å². The van der Waals surface area contributed by atoms with Crippen molar-refractivity contribution < 1.29 is 23.8 Å². The molecule has 1 unspecified atom stereocenters. The molecule has 0 heterocycles. The first-order valence-electron chi connectivity index (χ1n) is 7.23. The number of carbonyl (C=O) groups is 2. The molecule has 0 spiro atoms. The molecule has 1 aromatic carbocycles. The average molecular weight is 307 g/mol. The number of rotatable bonds is 7. The smallest absolute Gasteiger partial charge is 0.309 e. The fourth-order valence-corrected chi connectivity index (χ4v) is 2.11. The second-order valence-electron chi connectivity index (χ2n) is 5.28. The molecule has 1 aliphatic rings. The van der Waals surface area contributed by atoms with E-state index >= 15 is 0 Å². The molecule has 2 rings (SSSR count). The van der Waals surface area contributed by atoms with Crippen molar-refractivity contribution in [2.24, 2.45) is 5.92 Å². The van der Waals surface area contributed by atoms with E-state index in [1.54, 1.807) is 32.4 Å². The third kappa shape index (κ3) is 4.13.